The van der Waals surface area contributed by atoms with E-state index in [9.17, 15) is 0 Å². The first-order chi connectivity index (χ1) is 6.72. The Morgan fingerprint density at radius 1 is 1.43 bits per heavy atom. The van der Waals surface area contributed by atoms with Gasteiger partial charge in [0.25, 0.3) is 0 Å². The van der Waals surface area contributed by atoms with Crippen LogP contribution in [0.3, 0.4) is 0 Å². The fourth-order valence-corrected chi connectivity index (χ4v) is 2.00. The largest absolute Gasteiger partial charge is 0.313 e. The van der Waals surface area contributed by atoms with Crippen LogP contribution in [0.1, 0.15) is 26.7 Å². The van der Waals surface area contributed by atoms with Gasteiger partial charge in [-0.15, -0.1) is 0 Å². The van der Waals surface area contributed by atoms with Gasteiger partial charge < -0.3 is 10.2 Å². The van der Waals surface area contributed by atoms with Gasteiger partial charge in [0, 0.05) is 6.54 Å². The molecule has 1 aliphatic heterocycles. The first kappa shape index (κ1) is 11.7. The summed E-state index contributed by atoms with van der Waals surface area (Å²) >= 11 is 0. The summed E-state index contributed by atoms with van der Waals surface area (Å²) in [6, 6.07) is 0. The molecule has 1 rings (SSSR count). The average Bonchev–Trinajstić information content (AvgIpc) is 2.18. The average molecular weight is 196 g/mol. The van der Waals surface area contributed by atoms with Crippen molar-refractivity contribution in [3.05, 3.63) is 12.2 Å². The Morgan fingerprint density at radius 2 is 2.07 bits per heavy atom. The highest BCUT2D eigenvalue weighted by molar-refractivity contribution is 4.90. The normalized spacial score (nSPS) is 19.9. The van der Waals surface area contributed by atoms with Crippen LogP contribution in [0.15, 0.2) is 12.2 Å². The van der Waals surface area contributed by atoms with Crippen LogP contribution in [-0.2, 0) is 0 Å². The molecular formula is C12H24N2. The van der Waals surface area contributed by atoms with Crippen molar-refractivity contribution in [2.75, 3.05) is 32.7 Å². The number of hydrogen-bond acceptors (Lipinski definition) is 2. The Morgan fingerprint density at radius 3 is 2.57 bits per heavy atom. The molecule has 0 bridgehead atoms. The zero-order valence-corrected chi connectivity index (χ0v) is 9.68. The van der Waals surface area contributed by atoms with E-state index in [1.54, 1.807) is 0 Å². The summed E-state index contributed by atoms with van der Waals surface area (Å²) in [5.41, 5.74) is 1.23. The van der Waals surface area contributed by atoms with Crippen molar-refractivity contribution in [2.45, 2.75) is 26.7 Å². The molecule has 0 aromatic heterocycles. The minimum atomic E-state index is 0.886. The van der Waals surface area contributed by atoms with E-state index >= 15 is 0 Å². The monoisotopic (exact) mass is 196 g/mol. The van der Waals surface area contributed by atoms with E-state index in [1.807, 2.05) is 0 Å². The number of nitrogens with zero attached hydrogens (tertiary/aromatic N) is 1. The second-order valence-corrected chi connectivity index (χ2v) is 4.47. The zero-order chi connectivity index (χ0) is 10.4. The van der Waals surface area contributed by atoms with Crippen LogP contribution in [0.2, 0.25) is 0 Å². The van der Waals surface area contributed by atoms with Crippen molar-refractivity contribution >= 4 is 0 Å². The van der Waals surface area contributed by atoms with Gasteiger partial charge in [0.05, 0.1) is 0 Å². The highest BCUT2D eigenvalue weighted by Gasteiger charge is 2.17. The second kappa shape index (κ2) is 6.20. The summed E-state index contributed by atoms with van der Waals surface area (Å²) in [5, 5.41) is 3.47. The van der Waals surface area contributed by atoms with E-state index in [-0.39, 0.29) is 0 Å². The lowest BCUT2D eigenvalue weighted by atomic mass is 9.97. The summed E-state index contributed by atoms with van der Waals surface area (Å²) in [4.78, 5) is 2.54. The second-order valence-electron chi connectivity index (χ2n) is 4.47. The minimum Gasteiger partial charge on any atom is -0.313 e. The topological polar surface area (TPSA) is 15.3 Å². The van der Waals surface area contributed by atoms with Gasteiger partial charge in [-0.3, -0.25) is 0 Å². The van der Waals surface area contributed by atoms with E-state index in [0.29, 0.717) is 0 Å². The SMILES string of the molecule is C=C(C)CNCC1CCN(CC)CC1. The third-order valence-corrected chi connectivity index (χ3v) is 3.01. The lowest BCUT2D eigenvalue weighted by Gasteiger charge is -2.31. The maximum Gasteiger partial charge on any atom is 0.0159 e. The zero-order valence-electron chi connectivity index (χ0n) is 9.68. The van der Waals surface area contributed by atoms with Crippen molar-refractivity contribution in [3.8, 4) is 0 Å². The number of hydrogen-bond donors (Lipinski definition) is 1. The molecule has 0 amide bonds. The molecule has 1 heterocycles. The lowest BCUT2D eigenvalue weighted by Crippen LogP contribution is -2.37. The predicted octanol–water partition coefficient (Wildman–Crippen LogP) is 1.88. The molecular weight excluding hydrogens is 172 g/mol. The molecule has 0 aromatic carbocycles. The Labute approximate surface area is 88.4 Å². The molecule has 2 heteroatoms. The molecule has 0 aliphatic carbocycles. The van der Waals surface area contributed by atoms with Crippen molar-refractivity contribution in [1.29, 1.82) is 0 Å². The van der Waals surface area contributed by atoms with Crippen molar-refractivity contribution in [2.24, 2.45) is 5.92 Å². The maximum absolute atomic E-state index is 3.89. The molecule has 0 unspecified atom stereocenters. The molecule has 1 N–H and O–H groups in total. The van der Waals surface area contributed by atoms with Crippen LogP contribution in [0.25, 0.3) is 0 Å². The van der Waals surface area contributed by atoms with Crippen LogP contribution in [0, 0.1) is 5.92 Å². The summed E-state index contributed by atoms with van der Waals surface area (Å²) < 4.78 is 0. The summed E-state index contributed by atoms with van der Waals surface area (Å²) in [7, 11) is 0. The molecule has 0 aromatic rings. The van der Waals surface area contributed by atoms with Crippen molar-refractivity contribution in [3.63, 3.8) is 0 Å². The maximum atomic E-state index is 3.89. The molecule has 0 radical (unpaired) electrons. The summed E-state index contributed by atoms with van der Waals surface area (Å²) in [5.74, 6) is 0.886. The molecule has 0 atom stereocenters. The molecule has 1 aliphatic rings. The van der Waals surface area contributed by atoms with Gasteiger partial charge in [-0.05, 0) is 51.9 Å². The first-order valence-electron chi connectivity index (χ1n) is 5.79. The molecule has 1 saturated heterocycles. The third-order valence-electron chi connectivity index (χ3n) is 3.01. The van der Waals surface area contributed by atoms with E-state index in [2.05, 4.69) is 30.6 Å². The number of piperidine rings is 1. The lowest BCUT2D eigenvalue weighted by molar-refractivity contribution is 0.191. The van der Waals surface area contributed by atoms with Crippen LogP contribution in [0.5, 0.6) is 0 Å². The third kappa shape index (κ3) is 4.25. The van der Waals surface area contributed by atoms with E-state index in [1.165, 1.54) is 44.6 Å². The van der Waals surface area contributed by atoms with E-state index in [0.717, 1.165) is 12.5 Å². The number of likely N-dealkylation sites (tertiary alicyclic amines) is 1. The first-order valence-corrected chi connectivity index (χ1v) is 5.79. The smallest absolute Gasteiger partial charge is 0.0159 e. The number of rotatable bonds is 5. The highest BCUT2D eigenvalue weighted by atomic mass is 15.1. The van der Waals surface area contributed by atoms with Crippen LogP contribution in [-0.4, -0.2) is 37.6 Å². The summed E-state index contributed by atoms with van der Waals surface area (Å²) in [6.45, 7) is 14.2. The van der Waals surface area contributed by atoms with Crippen LogP contribution in [0.4, 0.5) is 0 Å². The Hall–Kier alpha value is -0.340. The van der Waals surface area contributed by atoms with Gasteiger partial charge in [0.2, 0.25) is 0 Å². The Kier molecular flexibility index (Phi) is 5.20. The standard InChI is InChI=1S/C12H24N2/c1-4-14-7-5-12(6-8-14)10-13-9-11(2)3/h12-13H,2,4-10H2,1,3H3. The quantitative estimate of drug-likeness (QED) is 0.675. The Balaban J connectivity index is 2.07. The Bertz CT molecular complexity index is 169. The molecule has 82 valence electrons. The van der Waals surface area contributed by atoms with Gasteiger partial charge in [-0.1, -0.05) is 19.1 Å². The van der Waals surface area contributed by atoms with Crippen molar-refractivity contribution in [1.82, 2.24) is 10.2 Å². The predicted molar refractivity (Wildman–Crippen MR) is 62.5 cm³/mol. The molecule has 14 heavy (non-hydrogen) atoms. The molecule has 0 spiro atoms. The molecule has 0 saturated carbocycles. The van der Waals surface area contributed by atoms with E-state index in [4.69, 9.17) is 0 Å². The van der Waals surface area contributed by atoms with Gasteiger partial charge in [0.15, 0.2) is 0 Å². The number of nitrogens with one attached hydrogen (secondary N) is 1. The minimum absolute atomic E-state index is 0.886. The van der Waals surface area contributed by atoms with Gasteiger partial charge in [-0.25, -0.2) is 0 Å². The summed E-state index contributed by atoms with van der Waals surface area (Å²) in [6.07, 6.45) is 2.72. The van der Waals surface area contributed by atoms with Gasteiger partial charge in [0.1, 0.15) is 0 Å². The van der Waals surface area contributed by atoms with E-state index < -0.39 is 0 Å². The highest BCUT2D eigenvalue weighted by Crippen LogP contribution is 2.15. The fraction of sp³-hybridized carbons (Fsp3) is 0.833. The van der Waals surface area contributed by atoms with Gasteiger partial charge in [-0.2, -0.15) is 0 Å². The molecule has 2 nitrogen and oxygen atoms in total. The molecule has 1 fully saturated rings. The van der Waals surface area contributed by atoms with Gasteiger partial charge >= 0.3 is 0 Å². The van der Waals surface area contributed by atoms with Crippen LogP contribution >= 0.6 is 0 Å². The van der Waals surface area contributed by atoms with Crippen LogP contribution < -0.4 is 5.32 Å². The van der Waals surface area contributed by atoms with Crippen molar-refractivity contribution < 1.29 is 0 Å². The fourth-order valence-electron chi connectivity index (χ4n) is 2.00.